The van der Waals surface area contributed by atoms with Crippen LogP contribution in [0.15, 0.2) is 54.6 Å². The van der Waals surface area contributed by atoms with Crippen LogP contribution >= 0.6 is 0 Å². The van der Waals surface area contributed by atoms with E-state index in [1.165, 1.54) is 6.07 Å². The van der Waals surface area contributed by atoms with Crippen molar-refractivity contribution < 1.29 is 65.3 Å². The number of esters is 1. The number of phenolic OH excluding ortho intramolecular Hbond substituents is 10. The summed E-state index contributed by atoms with van der Waals surface area (Å²) >= 11 is 0. The molecule has 5 rings (SSSR count). The molecule has 212 valence electrons. The average Bonchev–Trinajstić information content (AvgIpc) is 2.88. The van der Waals surface area contributed by atoms with Gasteiger partial charge in [0.1, 0.15) is 34.5 Å². The highest BCUT2D eigenvalue weighted by Crippen LogP contribution is 2.55. The van der Waals surface area contributed by atoms with Crippen molar-refractivity contribution in [2.24, 2.45) is 0 Å². The zero-order valence-electron chi connectivity index (χ0n) is 20.6. The van der Waals surface area contributed by atoms with E-state index in [-0.39, 0.29) is 22.4 Å². The molecule has 3 atom stereocenters. The van der Waals surface area contributed by atoms with Crippen molar-refractivity contribution in [1.29, 1.82) is 0 Å². The molecule has 4 aromatic carbocycles. The van der Waals surface area contributed by atoms with Gasteiger partial charge in [0, 0.05) is 41.0 Å². The maximum absolute atomic E-state index is 13.3. The number of hydrogen-bond donors (Lipinski definition) is 10. The molecule has 13 heteroatoms. The van der Waals surface area contributed by atoms with Crippen molar-refractivity contribution in [2.75, 3.05) is 0 Å². The summed E-state index contributed by atoms with van der Waals surface area (Å²) in [6, 6.07) is 8.93. The van der Waals surface area contributed by atoms with Gasteiger partial charge in [-0.05, 0) is 24.3 Å². The van der Waals surface area contributed by atoms with E-state index in [9.17, 15) is 55.9 Å². The van der Waals surface area contributed by atoms with E-state index in [0.717, 1.165) is 48.5 Å². The fraction of sp³-hybridized carbons (Fsp3) is 0.107. The third-order valence-electron chi connectivity index (χ3n) is 6.61. The van der Waals surface area contributed by atoms with Gasteiger partial charge in [0.15, 0.2) is 41.0 Å². The molecule has 1 aliphatic heterocycles. The second-order valence-electron chi connectivity index (χ2n) is 9.27. The zero-order valence-corrected chi connectivity index (χ0v) is 20.6. The van der Waals surface area contributed by atoms with Gasteiger partial charge in [-0.2, -0.15) is 0 Å². The van der Waals surface area contributed by atoms with Gasteiger partial charge in [-0.1, -0.05) is 6.07 Å². The highest BCUT2D eigenvalue weighted by molar-refractivity contribution is 5.91. The molecule has 10 N–H and O–H groups in total. The molecular formula is C28H22O13. The first kappa shape index (κ1) is 26.7. The van der Waals surface area contributed by atoms with Crippen LogP contribution in [0.3, 0.4) is 0 Å². The largest absolute Gasteiger partial charge is 0.508 e. The number of carbonyl (C=O) groups excluding carboxylic acids is 1. The van der Waals surface area contributed by atoms with Gasteiger partial charge in [-0.25, -0.2) is 4.79 Å². The summed E-state index contributed by atoms with van der Waals surface area (Å²) in [5.74, 6) is -9.43. The van der Waals surface area contributed by atoms with Crippen molar-refractivity contribution in [3.63, 3.8) is 0 Å². The molecule has 0 radical (unpaired) electrons. The van der Waals surface area contributed by atoms with E-state index < -0.39 is 87.2 Å². The second-order valence-corrected chi connectivity index (χ2v) is 9.27. The SMILES string of the molecule is O=C(OC1C(c2ccc(O)c(O)c2)Oc2cc(O)cc(O)c2C1c1c(O)cc(O)cc1O)c1cc(O)c(O)c(O)c1. The Morgan fingerprint density at radius 3 is 1.76 bits per heavy atom. The van der Waals surface area contributed by atoms with Crippen LogP contribution in [0.2, 0.25) is 0 Å². The Bertz CT molecular complexity index is 1650. The molecule has 0 saturated heterocycles. The molecule has 0 bridgehead atoms. The van der Waals surface area contributed by atoms with E-state index in [2.05, 4.69) is 0 Å². The predicted octanol–water partition coefficient (Wildman–Crippen LogP) is 3.23. The lowest BCUT2D eigenvalue weighted by Crippen LogP contribution is -2.39. The van der Waals surface area contributed by atoms with Gasteiger partial charge < -0.3 is 60.5 Å². The van der Waals surface area contributed by atoms with Crippen LogP contribution in [0.25, 0.3) is 0 Å². The van der Waals surface area contributed by atoms with Crippen molar-refractivity contribution >= 4 is 5.97 Å². The normalized spacial score (nSPS) is 17.8. The highest BCUT2D eigenvalue weighted by atomic mass is 16.6. The van der Waals surface area contributed by atoms with E-state index in [4.69, 9.17) is 9.47 Å². The molecule has 1 aliphatic rings. The molecule has 41 heavy (non-hydrogen) atoms. The lowest BCUT2D eigenvalue weighted by atomic mass is 9.78. The standard InChI is InChI=1S/C28H22O13/c29-12-6-16(33)22(17(34)7-12)24-23-18(35)8-13(30)9-21(23)40-26(10-1-2-14(31)15(32)3-10)27(24)41-28(39)11-4-19(36)25(38)20(37)5-11/h1-9,24,26-27,29-38H. The fourth-order valence-electron chi connectivity index (χ4n) is 4.81. The minimum atomic E-state index is -1.63. The lowest BCUT2D eigenvalue weighted by molar-refractivity contribution is -0.0274. The second kappa shape index (κ2) is 9.72. The van der Waals surface area contributed by atoms with E-state index in [1.54, 1.807) is 0 Å². The van der Waals surface area contributed by atoms with Gasteiger partial charge in [0.05, 0.1) is 11.5 Å². The molecule has 0 aromatic heterocycles. The summed E-state index contributed by atoms with van der Waals surface area (Å²) in [5, 5.41) is 102. The molecule has 0 saturated carbocycles. The topological polar surface area (TPSA) is 238 Å². The Labute approximate surface area is 229 Å². The van der Waals surface area contributed by atoms with Crippen LogP contribution in [-0.4, -0.2) is 63.1 Å². The minimum Gasteiger partial charge on any atom is -0.508 e. The lowest BCUT2D eigenvalue weighted by Gasteiger charge is -2.40. The fourth-order valence-corrected chi connectivity index (χ4v) is 4.81. The van der Waals surface area contributed by atoms with Crippen LogP contribution in [0.1, 0.15) is 39.1 Å². The maximum atomic E-state index is 13.3. The molecule has 0 amide bonds. The van der Waals surface area contributed by atoms with E-state index >= 15 is 0 Å². The van der Waals surface area contributed by atoms with Gasteiger partial charge in [-0.15, -0.1) is 0 Å². The van der Waals surface area contributed by atoms with Crippen molar-refractivity contribution in [3.8, 4) is 63.2 Å². The third-order valence-corrected chi connectivity index (χ3v) is 6.61. The highest BCUT2D eigenvalue weighted by Gasteiger charge is 2.47. The first-order chi connectivity index (χ1) is 19.3. The van der Waals surface area contributed by atoms with Gasteiger partial charge >= 0.3 is 5.97 Å². The Morgan fingerprint density at radius 1 is 0.610 bits per heavy atom. The Balaban J connectivity index is 1.76. The molecule has 3 unspecified atom stereocenters. The molecule has 13 nitrogen and oxygen atoms in total. The van der Waals surface area contributed by atoms with Crippen LogP contribution in [-0.2, 0) is 4.74 Å². The number of hydrogen-bond acceptors (Lipinski definition) is 13. The smallest absolute Gasteiger partial charge is 0.338 e. The molecule has 0 spiro atoms. The number of carbonyl (C=O) groups is 1. The number of fused-ring (bicyclic) bond motifs is 1. The average molecular weight is 566 g/mol. The van der Waals surface area contributed by atoms with Crippen LogP contribution in [0, 0.1) is 0 Å². The third kappa shape index (κ3) is 4.65. The van der Waals surface area contributed by atoms with Crippen molar-refractivity contribution in [3.05, 3.63) is 76.9 Å². The summed E-state index contributed by atoms with van der Waals surface area (Å²) in [5.41, 5.74) is -0.849. The molecule has 0 fully saturated rings. The van der Waals surface area contributed by atoms with Crippen LogP contribution in [0.4, 0.5) is 0 Å². The monoisotopic (exact) mass is 566 g/mol. The molecular weight excluding hydrogens is 544 g/mol. The van der Waals surface area contributed by atoms with Crippen LogP contribution in [0.5, 0.6) is 63.2 Å². The Kier molecular flexibility index (Phi) is 6.34. The summed E-state index contributed by atoms with van der Waals surface area (Å²) in [6.45, 7) is 0. The summed E-state index contributed by atoms with van der Waals surface area (Å²) in [4.78, 5) is 13.3. The number of ether oxygens (including phenoxy) is 2. The summed E-state index contributed by atoms with van der Waals surface area (Å²) in [6.07, 6.45) is -3.05. The Morgan fingerprint density at radius 2 is 1.17 bits per heavy atom. The van der Waals surface area contributed by atoms with Gasteiger partial charge in [-0.3, -0.25) is 0 Å². The van der Waals surface area contributed by atoms with Crippen LogP contribution < -0.4 is 4.74 Å². The molecule has 1 heterocycles. The number of phenols is 10. The Hall–Kier alpha value is -5.85. The van der Waals surface area contributed by atoms with Crippen molar-refractivity contribution in [2.45, 2.75) is 18.1 Å². The van der Waals surface area contributed by atoms with Gasteiger partial charge in [0.25, 0.3) is 0 Å². The maximum Gasteiger partial charge on any atom is 0.338 e. The van der Waals surface area contributed by atoms with E-state index in [0.29, 0.717) is 0 Å². The first-order valence-corrected chi connectivity index (χ1v) is 11.8. The zero-order chi connectivity index (χ0) is 29.7. The van der Waals surface area contributed by atoms with Crippen molar-refractivity contribution in [1.82, 2.24) is 0 Å². The summed E-state index contributed by atoms with van der Waals surface area (Å²) < 4.78 is 11.7. The number of benzene rings is 4. The van der Waals surface area contributed by atoms with Gasteiger partial charge in [0.2, 0.25) is 0 Å². The molecule has 4 aromatic rings. The minimum absolute atomic E-state index is 0.0886. The summed E-state index contributed by atoms with van der Waals surface area (Å²) in [7, 11) is 0. The number of rotatable bonds is 4. The number of aromatic hydroxyl groups is 10. The quantitative estimate of drug-likeness (QED) is 0.126. The predicted molar refractivity (Wildman–Crippen MR) is 137 cm³/mol. The first-order valence-electron chi connectivity index (χ1n) is 11.8. The molecule has 0 aliphatic carbocycles. The van der Waals surface area contributed by atoms with E-state index in [1.807, 2.05) is 0 Å².